The lowest BCUT2D eigenvalue weighted by Gasteiger charge is -2.09. The molecule has 0 aliphatic rings. The summed E-state index contributed by atoms with van der Waals surface area (Å²) in [5.41, 5.74) is 1.19. The maximum atomic E-state index is 11.0. The molecule has 2 rings (SSSR count). The fourth-order valence-electron chi connectivity index (χ4n) is 1.79. The number of aromatic carboxylic acids is 1. The van der Waals surface area contributed by atoms with E-state index in [1.165, 1.54) is 19.1 Å². The number of hydrogen-bond donors (Lipinski definition) is 2. The fourth-order valence-corrected chi connectivity index (χ4v) is 1.99. The molecule has 1 atom stereocenters. The van der Waals surface area contributed by atoms with Crippen molar-refractivity contribution in [1.29, 1.82) is 0 Å². The highest BCUT2D eigenvalue weighted by atomic mass is 35.5. The van der Waals surface area contributed by atoms with Crippen molar-refractivity contribution in [3.8, 4) is 5.75 Å². The van der Waals surface area contributed by atoms with Crippen LogP contribution in [0.5, 0.6) is 5.75 Å². The molecule has 0 saturated heterocycles. The van der Waals surface area contributed by atoms with Crippen molar-refractivity contribution in [2.24, 2.45) is 4.99 Å². The molecule has 124 valence electrons. The zero-order chi connectivity index (χ0) is 17.7. The highest BCUT2D eigenvalue weighted by molar-refractivity contribution is 6.33. The van der Waals surface area contributed by atoms with Crippen LogP contribution in [0.15, 0.2) is 47.5 Å². The van der Waals surface area contributed by atoms with Gasteiger partial charge in [-0.1, -0.05) is 11.6 Å². The van der Waals surface area contributed by atoms with Crippen LogP contribution in [0.25, 0.3) is 0 Å². The molecular formula is C17H14ClNO5. The predicted octanol–water partition coefficient (Wildman–Crippen LogP) is 3.64. The molecule has 0 aliphatic carbocycles. The van der Waals surface area contributed by atoms with E-state index in [1.807, 2.05) is 0 Å². The molecule has 0 amide bonds. The van der Waals surface area contributed by atoms with Gasteiger partial charge in [-0.05, 0) is 55.0 Å². The van der Waals surface area contributed by atoms with E-state index in [4.69, 9.17) is 26.6 Å². The first-order valence-corrected chi connectivity index (χ1v) is 7.31. The Morgan fingerprint density at radius 2 is 1.83 bits per heavy atom. The van der Waals surface area contributed by atoms with Crippen molar-refractivity contribution in [1.82, 2.24) is 0 Å². The second-order valence-corrected chi connectivity index (χ2v) is 5.30. The van der Waals surface area contributed by atoms with E-state index in [2.05, 4.69) is 4.99 Å². The molecule has 0 bridgehead atoms. The summed E-state index contributed by atoms with van der Waals surface area (Å²) in [6, 6.07) is 11.1. The van der Waals surface area contributed by atoms with Crippen molar-refractivity contribution in [3.05, 3.63) is 58.6 Å². The van der Waals surface area contributed by atoms with E-state index in [0.29, 0.717) is 11.4 Å². The minimum Gasteiger partial charge on any atom is -0.479 e. The van der Waals surface area contributed by atoms with Crippen molar-refractivity contribution < 1.29 is 24.5 Å². The summed E-state index contributed by atoms with van der Waals surface area (Å²) in [5, 5.41) is 18.0. The zero-order valence-corrected chi connectivity index (χ0v) is 13.4. The molecule has 0 aliphatic heterocycles. The summed E-state index contributed by atoms with van der Waals surface area (Å²) in [5.74, 6) is -1.73. The van der Waals surface area contributed by atoms with E-state index >= 15 is 0 Å². The first kappa shape index (κ1) is 17.5. The standard InChI is InChI=1S/C17H14ClNO5/c1-10(16(20)21)24-13-5-2-11(3-6-13)9-19-12-4-7-15(18)14(8-12)17(22)23/h2-10H,1H3,(H,20,21)(H,22,23). The summed E-state index contributed by atoms with van der Waals surface area (Å²) in [4.78, 5) is 26.0. The highest BCUT2D eigenvalue weighted by Crippen LogP contribution is 2.22. The van der Waals surface area contributed by atoms with E-state index in [-0.39, 0.29) is 10.6 Å². The minimum absolute atomic E-state index is 0.0160. The SMILES string of the molecule is CC(Oc1ccc(C=Nc2ccc(Cl)c(C(=O)O)c2)cc1)C(=O)O. The summed E-state index contributed by atoms with van der Waals surface area (Å²) < 4.78 is 5.22. The smallest absolute Gasteiger partial charge is 0.344 e. The van der Waals surface area contributed by atoms with Crippen LogP contribution < -0.4 is 4.74 Å². The van der Waals surface area contributed by atoms with Gasteiger partial charge in [-0.2, -0.15) is 0 Å². The van der Waals surface area contributed by atoms with Gasteiger partial charge in [-0.15, -0.1) is 0 Å². The lowest BCUT2D eigenvalue weighted by molar-refractivity contribution is -0.144. The molecule has 24 heavy (non-hydrogen) atoms. The van der Waals surface area contributed by atoms with Crippen molar-refractivity contribution in [3.63, 3.8) is 0 Å². The lowest BCUT2D eigenvalue weighted by Crippen LogP contribution is -2.22. The van der Waals surface area contributed by atoms with Crippen LogP contribution in [0.1, 0.15) is 22.8 Å². The topological polar surface area (TPSA) is 96.2 Å². The molecule has 0 saturated carbocycles. The highest BCUT2D eigenvalue weighted by Gasteiger charge is 2.12. The van der Waals surface area contributed by atoms with Crippen molar-refractivity contribution >= 4 is 35.4 Å². The Bertz CT molecular complexity index is 786. The maximum Gasteiger partial charge on any atom is 0.344 e. The van der Waals surface area contributed by atoms with Crippen molar-refractivity contribution in [2.75, 3.05) is 0 Å². The van der Waals surface area contributed by atoms with Gasteiger partial charge in [0, 0.05) is 6.21 Å². The Balaban J connectivity index is 2.11. The number of hydrogen-bond acceptors (Lipinski definition) is 4. The molecule has 0 fully saturated rings. The molecule has 0 spiro atoms. The lowest BCUT2D eigenvalue weighted by atomic mass is 10.2. The normalized spacial score (nSPS) is 12.1. The van der Waals surface area contributed by atoms with Crippen LogP contribution in [0.4, 0.5) is 5.69 Å². The van der Waals surface area contributed by atoms with Gasteiger partial charge in [-0.3, -0.25) is 4.99 Å². The van der Waals surface area contributed by atoms with Gasteiger partial charge >= 0.3 is 11.9 Å². The molecule has 6 nitrogen and oxygen atoms in total. The van der Waals surface area contributed by atoms with Gasteiger partial charge in [-0.25, -0.2) is 9.59 Å². The molecule has 0 aromatic heterocycles. The first-order valence-electron chi connectivity index (χ1n) is 6.93. The van der Waals surface area contributed by atoms with Crippen LogP contribution in [0.2, 0.25) is 5.02 Å². The van der Waals surface area contributed by atoms with Crippen LogP contribution in [-0.4, -0.2) is 34.5 Å². The number of nitrogens with zero attached hydrogens (tertiary/aromatic N) is 1. The summed E-state index contributed by atoms with van der Waals surface area (Å²) >= 11 is 5.80. The van der Waals surface area contributed by atoms with Gasteiger partial charge in [0.15, 0.2) is 6.10 Å². The first-order chi connectivity index (χ1) is 11.4. The van der Waals surface area contributed by atoms with E-state index in [1.54, 1.807) is 36.5 Å². The second-order valence-electron chi connectivity index (χ2n) is 4.89. The molecule has 0 radical (unpaired) electrons. The van der Waals surface area contributed by atoms with Gasteiger partial charge in [0.2, 0.25) is 0 Å². The number of rotatable bonds is 6. The van der Waals surface area contributed by atoms with Crippen LogP contribution in [-0.2, 0) is 4.79 Å². The Morgan fingerprint density at radius 1 is 1.17 bits per heavy atom. The number of carboxylic acid groups (broad SMARTS) is 2. The second kappa shape index (κ2) is 7.61. The molecule has 0 heterocycles. The number of carbonyl (C=O) groups is 2. The summed E-state index contributed by atoms with van der Waals surface area (Å²) in [6.45, 7) is 1.44. The molecular weight excluding hydrogens is 334 g/mol. The van der Waals surface area contributed by atoms with Crippen LogP contribution in [0, 0.1) is 0 Å². The number of benzene rings is 2. The average Bonchev–Trinajstić information content (AvgIpc) is 2.55. The van der Waals surface area contributed by atoms with Gasteiger partial charge in [0.25, 0.3) is 0 Å². The quantitative estimate of drug-likeness (QED) is 0.778. The molecule has 2 N–H and O–H groups in total. The number of ether oxygens (including phenoxy) is 1. The van der Waals surface area contributed by atoms with E-state index < -0.39 is 18.0 Å². The van der Waals surface area contributed by atoms with Gasteiger partial charge in [0.05, 0.1) is 16.3 Å². The van der Waals surface area contributed by atoms with Gasteiger partial charge < -0.3 is 14.9 Å². The van der Waals surface area contributed by atoms with Crippen molar-refractivity contribution in [2.45, 2.75) is 13.0 Å². The van der Waals surface area contributed by atoms with Crippen LogP contribution in [0.3, 0.4) is 0 Å². The minimum atomic E-state index is -1.12. The Kier molecular flexibility index (Phi) is 5.55. The number of aliphatic carboxylic acids is 1. The summed E-state index contributed by atoms with van der Waals surface area (Å²) in [6.07, 6.45) is 0.618. The third-order valence-corrected chi connectivity index (χ3v) is 3.41. The number of halogens is 1. The monoisotopic (exact) mass is 347 g/mol. The largest absolute Gasteiger partial charge is 0.479 e. The van der Waals surface area contributed by atoms with E-state index in [0.717, 1.165) is 5.56 Å². The number of aliphatic imine (C=N–C) groups is 1. The van der Waals surface area contributed by atoms with E-state index in [9.17, 15) is 9.59 Å². The molecule has 1 unspecified atom stereocenters. The fraction of sp³-hybridized carbons (Fsp3) is 0.118. The third-order valence-electron chi connectivity index (χ3n) is 3.08. The zero-order valence-electron chi connectivity index (χ0n) is 12.6. The molecule has 2 aromatic carbocycles. The average molecular weight is 348 g/mol. The number of carboxylic acids is 2. The Morgan fingerprint density at radius 3 is 2.42 bits per heavy atom. The van der Waals surface area contributed by atoms with Gasteiger partial charge in [0.1, 0.15) is 5.75 Å². The Labute approximate surface area is 143 Å². The Hall–Kier alpha value is -2.86. The predicted molar refractivity (Wildman–Crippen MR) is 89.8 cm³/mol. The van der Waals surface area contributed by atoms with Crippen LogP contribution >= 0.6 is 11.6 Å². The summed E-state index contributed by atoms with van der Waals surface area (Å²) in [7, 11) is 0. The maximum absolute atomic E-state index is 11.0. The molecule has 2 aromatic rings. The third kappa shape index (κ3) is 4.57. The molecule has 7 heteroatoms.